The van der Waals surface area contributed by atoms with Crippen LogP contribution in [0.1, 0.15) is 24.1 Å². The summed E-state index contributed by atoms with van der Waals surface area (Å²) in [5.41, 5.74) is 4.09. The first-order chi connectivity index (χ1) is 7.25. The van der Waals surface area contributed by atoms with Gasteiger partial charge in [-0.1, -0.05) is 28.9 Å². The van der Waals surface area contributed by atoms with E-state index in [9.17, 15) is 0 Å². The molecule has 2 nitrogen and oxygen atoms in total. The minimum absolute atomic E-state index is 0.601. The Morgan fingerprint density at radius 2 is 2.27 bits per heavy atom. The van der Waals surface area contributed by atoms with Gasteiger partial charge in [0.15, 0.2) is 0 Å². The minimum Gasteiger partial charge on any atom is -0.357 e. The molecule has 0 fully saturated rings. The van der Waals surface area contributed by atoms with E-state index < -0.39 is 0 Å². The van der Waals surface area contributed by atoms with E-state index in [0.29, 0.717) is 5.92 Å². The standard InChI is InChI=1S/C12H13BrN2/c1-7-5-14-6-11-12(7)9-3-2-8(13)4-10(9)15-11/h2-4,7,14-15H,5-6H2,1H3. The number of nitrogens with one attached hydrogen (secondary N) is 2. The third-order valence-corrected chi connectivity index (χ3v) is 3.62. The van der Waals surface area contributed by atoms with Crippen LogP contribution in [-0.4, -0.2) is 11.5 Å². The molecule has 3 heteroatoms. The molecular formula is C12H13BrN2. The highest BCUT2D eigenvalue weighted by molar-refractivity contribution is 9.10. The third-order valence-electron chi connectivity index (χ3n) is 3.13. The van der Waals surface area contributed by atoms with Gasteiger partial charge in [0.2, 0.25) is 0 Å². The first-order valence-electron chi connectivity index (χ1n) is 5.26. The first kappa shape index (κ1) is 9.43. The van der Waals surface area contributed by atoms with Gasteiger partial charge in [-0.15, -0.1) is 0 Å². The summed E-state index contributed by atoms with van der Waals surface area (Å²) in [4.78, 5) is 3.49. The first-order valence-corrected chi connectivity index (χ1v) is 6.05. The van der Waals surface area contributed by atoms with Crippen molar-refractivity contribution in [2.45, 2.75) is 19.4 Å². The number of hydrogen-bond donors (Lipinski definition) is 2. The van der Waals surface area contributed by atoms with Crippen molar-refractivity contribution < 1.29 is 0 Å². The lowest BCUT2D eigenvalue weighted by molar-refractivity contribution is 0.568. The van der Waals surface area contributed by atoms with Gasteiger partial charge in [-0.25, -0.2) is 0 Å². The zero-order chi connectivity index (χ0) is 10.4. The fourth-order valence-corrected chi connectivity index (χ4v) is 2.83. The van der Waals surface area contributed by atoms with E-state index >= 15 is 0 Å². The summed E-state index contributed by atoms with van der Waals surface area (Å²) in [6.07, 6.45) is 0. The molecule has 2 N–H and O–H groups in total. The van der Waals surface area contributed by atoms with Crippen molar-refractivity contribution in [1.29, 1.82) is 0 Å². The predicted octanol–water partition coefficient (Wildman–Crippen LogP) is 3.14. The van der Waals surface area contributed by atoms with Crippen molar-refractivity contribution in [2.24, 2.45) is 0 Å². The monoisotopic (exact) mass is 264 g/mol. The normalized spacial score (nSPS) is 20.5. The second kappa shape index (κ2) is 3.35. The van der Waals surface area contributed by atoms with E-state index in [2.05, 4.69) is 51.4 Å². The van der Waals surface area contributed by atoms with Gasteiger partial charge >= 0.3 is 0 Å². The van der Waals surface area contributed by atoms with Gasteiger partial charge in [-0.05, 0) is 23.6 Å². The molecule has 1 aliphatic heterocycles. The van der Waals surface area contributed by atoms with Gasteiger partial charge in [-0.2, -0.15) is 0 Å². The van der Waals surface area contributed by atoms with Crippen LogP contribution >= 0.6 is 15.9 Å². The Kier molecular flexibility index (Phi) is 2.11. The number of benzene rings is 1. The van der Waals surface area contributed by atoms with Crippen LogP contribution in [0, 0.1) is 0 Å². The van der Waals surface area contributed by atoms with Crippen LogP contribution in [0.3, 0.4) is 0 Å². The molecule has 0 saturated carbocycles. The van der Waals surface area contributed by atoms with Crippen molar-refractivity contribution in [3.8, 4) is 0 Å². The maximum atomic E-state index is 3.51. The Morgan fingerprint density at radius 3 is 3.13 bits per heavy atom. The highest BCUT2D eigenvalue weighted by Crippen LogP contribution is 2.32. The van der Waals surface area contributed by atoms with E-state index in [1.165, 1.54) is 22.2 Å². The van der Waals surface area contributed by atoms with Crippen molar-refractivity contribution in [1.82, 2.24) is 10.3 Å². The van der Waals surface area contributed by atoms with E-state index in [-0.39, 0.29) is 0 Å². The molecule has 1 aromatic carbocycles. The molecule has 2 aromatic rings. The summed E-state index contributed by atoms with van der Waals surface area (Å²) in [7, 11) is 0. The second-order valence-electron chi connectivity index (χ2n) is 4.24. The fraction of sp³-hybridized carbons (Fsp3) is 0.333. The summed E-state index contributed by atoms with van der Waals surface area (Å²) in [5.74, 6) is 0.601. The summed E-state index contributed by atoms with van der Waals surface area (Å²) >= 11 is 3.51. The van der Waals surface area contributed by atoms with Gasteiger partial charge < -0.3 is 10.3 Å². The average Bonchev–Trinajstić information content (AvgIpc) is 2.56. The summed E-state index contributed by atoms with van der Waals surface area (Å²) in [5, 5.41) is 4.80. The van der Waals surface area contributed by atoms with Crippen LogP contribution in [0.4, 0.5) is 0 Å². The molecule has 0 amide bonds. The quantitative estimate of drug-likeness (QED) is 0.752. The Labute approximate surface area is 97.2 Å². The molecule has 15 heavy (non-hydrogen) atoms. The fourth-order valence-electron chi connectivity index (χ4n) is 2.47. The van der Waals surface area contributed by atoms with Crippen LogP contribution in [-0.2, 0) is 6.54 Å². The highest BCUT2D eigenvalue weighted by Gasteiger charge is 2.20. The third kappa shape index (κ3) is 1.42. The van der Waals surface area contributed by atoms with Crippen molar-refractivity contribution >= 4 is 26.8 Å². The van der Waals surface area contributed by atoms with Gasteiger partial charge in [0, 0.05) is 34.2 Å². The highest BCUT2D eigenvalue weighted by atomic mass is 79.9. The lowest BCUT2D eigenvalue weighted by atomic mass is 9.95. The Bertz CT molecular complexity index is 516. The molecular weight excluding hydrogens is 252 g/mol. The SMILES string of the molecule is CC1CNCc2[nH]c3cc(Br)ccc3c21. The van der Waals surface area contributed by atoms with Crippen LogP contribution in [0.5, 0.6) is 0 Å². The molecule has 0 bridgehead atoms. The molecule has 0 aliphatic carbocycles. The molecule has 1 aromatic heterocycles. The molecule has 0 spiro atoms. The topological polar surface area (TPSA) is 27.8 Å². The van der Waals surface area contributed by atoms with Crippen molar-refractivity contribution in [2.75, 3.05) is 6.54 Å². The van der Waals surface area contributed by atoms with E-state index in [1.807, 2.05) is 0 Å². The maximum Gasteiger partial charge on any atom is 0.0470 e. The predicted molar refractivity (Wildman–Crippen MR) is 66.1 cm³/mol. The molecule has 2 heterocycles. The molecule has 3 rings (SSSR count). The summed E-state index contributed by atoms with van der Waals surface area (Å²) in [6.45, 7) is 4.32. The Balaban J connectivity index is 2.32. The number of aromatic amines is 1. The maximum absolute atomic E-state index is 3.51. The number of H-pyrrole nitrogens is 1. The Hall–Kier alpha value is -0.800. The minimum atomic E-state index is 0.601. The van der Waals surface area contributed by atoms with Gasteiger partial charge in [-0.3, -0.25) is 0 Å². The average molecular weight is 265 g/mol. The molecule has 1 unspecified atom stereocenters. The number of fused-ring (bicyclic) bond motifs is 3. The number of hydrogen-bond acceptors (Lipinski definition) is 1. The lowest BCUT2D eigenvalue weighted by Crippen LogP contribution is -2.26. The molecule has 0 radical (unpaired) electrons. The number of rotatable bonds is 0. The van der Waals surface area contributed by atoms with E-state index in [4.69, 9.17) is 0 Å². The van der Waals surface area contributed by atoms with Crippen LogP contribution in [0.15, 0.2) is 22.7 Å². The number of halogens is 1. The summed E-state index contributed by atoms with van der Waals surface area (Å²) < 4.78 is 1.13. The molecule has 78 valence electrons. The van der Waals surface area contributed by atoms with E-state index in [0.717, 1.165) is 17.6 Å². The molecule has 0 saturated heterocycles. The zero-order valence-electron chi connectivity index (χ0n) is 8.60. The van der Waals surface area contributed by atoms with Crippen LogP contribution < -0.4 is 5.32 Å². The van der Waals surface area contributed by atoms with Crippen molar-refractivity contribution in [3.63, 3.8) is 0 Å². The summed E-state index contributed by atoms with van der Waals surface area (Å²) in [6, 6.07) is 6.47. The van der Waals surface area contributed by atoms with Crippen LogP contribution in [0.25, 0.3) is 10.9 Å². The van der Waals surface area contributed by atoms with Gasteiger partial charge in [0.25, 0.3) is 0 Å². The lowest BCUT2D eigenvalue weighted by Gasteiger charge is -2.20. The smallest absolute Gasteiger partial charge is 0.0470 e. The Morgan fingerprint density at radius 1 is 1.40 bits per heavy atom. The van der Waals surface area contributed by atoms with Crippen LogP contribution in [0.2, 0.25) is 0 Å². The van der Waals surface area contributed by atoms with Gasteiger partial charge in [0.1, 0.15) is 0 Å². The largest absolute Gasteiger partial charge is 0.357 e. The number of aromatic nitrogens is 1. The zero-order valence-corrected chi connectivity index (χ0v) is 10.2. The molecule has 1 aliphatic rings. The van der Waals surface area contributed by atoms with Crippen molar-refractivity contribution in [3.05, 3.63) is 33.9 Å². The molecule has 1 atom stereocenters. The van der Waals surface area contributed by atoms with E-state index in [1.54, 1.807) is 0 Å². The second-order valence-corrected chi connectivity index (χ2v) is 5.15. The van der Waals surface area contributed by atoms with Gasteiger partial charge in [0.05, 0.1) is 0 Å².